The highest BCUT2D eigenvalue weighted by atomic mass is 19.4. The highest BCUT2D eigenvalue weighted by molar-refractivity contribution is 6.04. The van der Waals surface area contributed by atoms with E-state index in [0.29, 0.717) is 22.5 Å². The van der Waals surface area contributed by atoms with Crippen LogP contribution in [0.4, 0.5) is 18.9 Å². The summed E-state index contributed by atoms with van der Waals surface area (Å²) < 4.78 is 42.2. The summed E-state index contributed by atoms with van der Waals surface area (Å²) in [7, 11) is 0. The molecule has 10 heteroatoms. The molecule has 0 fully saturated rings. The van der Waals surface area contributed by atoms with Gasteiger partial charge in [0.1, 0.15) is 5.69 Å². The van der Waals surface area contributed by atoms with Gasteiger partial charge in [-0.3, -0.25) is 9.78 Å². The van der Waals surface area contributed by atoms with Gasteiger partial charge in [0.25, 0.3) is 5.91 Å². The van der Waals surface area contributed by atoms with Crippen molar-refractivity contribution in [2.45, 2.75) is 25.4 Å². The van der Waals surface area contributed by atoms with Crippen molar-refractivity contribution >= 4 is 11.6 Å². The third-order valence-corrected chi connectivity index (χ3v) is 5.38. The van der Waals surface area contributed by atoms with Crippen LogP contribution in [0.3, 0.4) is 0 Å². The second-order valence-corrected chi connectivity index (χ2v) is 8.29. The molecule has 0 aliphatic heterocycles. The van der Waals surface area contributed by atoms with Gasteiger partial charge in [0.05, 0.1) is 28.9 Å². The molecule has 1 amide bonds. The predicted octanol–water partition coefficient (Wildman–Crippen LogP) is 5.40. The molecule has 0 saturated carbocycles. The summed E-state index contributed by atoms with van der Waals surface area (Å²) in [5.41, 5.74) is -0.0628. The molecule has 4 rings (SSSR count). The zero-order valence-corrected chi connectivity index (χ0v) is 18.7. The van der Waals surface area contributed by atoms with Crippen LogP contribution in [0.25, 0.3) is 16.9 Å². The standard InChI is InChI=1S/C25H19F3N6O/c1-24(2,15-29)18-6-3-7-19(12-18)31-23(35)16-8-9-20(25(26,27)28)22(11-16)34-14-21(32-33-34)17-5-4-10-30-13-17/h3-14H,1-2H3,(H,31,35). The lowest BCUT2D eigenvalue weighted by Gasteiger charge is -2.17. The summed E-state index contributed by atoms with van der Waals surface area (Å²) in [5, 5.41) is 19.8. The fraction of sp³-hybridized carbons (Fsp3) is 0.160. The molecule has 0 saturated heterocycles. The molecular weight excluding hydrogens is 457 g/mol. The number of carbonyl (C=O) groups excluding carboxylic acids is 1. The predicted molar refractivity (Wildman–Crippen MR) is 123 cm³/mol. The van der Waals surface area contributed by atoms with E-state index in [0.717, 1.165) is 22.9 Å². The lowest BCUT2D eigenvalue weighted by Crippen LogP contribution is -2.17. The van der Waals surface area contributed by atoms with E-state index in [1.807, 2.05) is 0 Å². The normalized spacial score (nSPS) is 11.7. The Labute approximate surface area is 198 Å². The summed E-state index contributed by atoms with van der Waals surface area (Å²) in [6.07, 6.45) is -0.252. The first-order valence-corrected chi connectivity index (χ1v) is 10.5. The van der Waals surface area contributed by atoms with Crippen LogP contribution >= 0.6 is 0 Å². The Hall–Kier alpha value is -4.52. The molecule has 7 nitrogen and oxygen atoms in total. The Morgan fingerprint density at radius 1 is 1.09 bits per heavy atom. The lowest BCUT2D eigenvalue weighted by molar-refractivity contribution is -0.137. The van der Waals surface area contributed by atoms with Gasteiger partial charge in [-0.15, -0.1) is 5.10 Å². The summed E-state index contributed by atoms with van der Waals surface area (Å²) in [4.78, 5) is 16.9. The third-order valence-electron chi connectivity index (χ3n) is 5.38. The fourth-order valence-corrected chi connectivity index (χ4v) is 3.38. The number of nitrogens with zero attached hydrogens (tertiary/aromatic N) is 5. The fourth-order valence-electron chi connectivity index (χ4n) is 3.38. The van der Waals surface area contributed by atoms with Crippen molar-refractivity contribution in [3.05, 3.63) is 89.9 Å². The number of carbonyl (C=O) groups is 1. The molecular formula is C25H19F3N6O. The molecule has 0 spiro atoms. The number of hydrogen-bond donors (Lipinski definition) is 1. The zero-order valence-electron chi connectivity index (χ0n) is 18.7. The summed E-state index contributed by atoms with van der Waals surface area (Å²) in [5.74, 6) is -0.612. The summed E-state index contributed by atoms with van der Waals surface area (Å²) >= 11 is 0. The second-order valence-electron chi connectivity index (χ2n) is 8.29. The van der Waals surface area contributed by atoms with E-state index in [2.05, 4.69) is 26.7 Å². The van der Waals surface area contributed by atoms with Crippen LogP contribution in [0, 0.1) is 11.3 Å². The van der Waals surface area contributed by atoms with Gasteiger partial charge in [0.2, 0.25) is 0 Å². The zero-order chi connectivity index (χ0) is 25.2. The maximum atomic E-state index is 13.7. The number of alkyl halides is 3. The number of aromatic nitrogens is 4. The smallest absolute Gasteiger partial charge is 0.322 e. The number of hydrogen-bond acceptors (Lipinski definition) is 5. The van der Waals surface area contributed by atoms with Crippen LogP contribution in [0.1, 0.15) is 35.3 Å². The first kappa shape index (κ1) is 23.6. The molecule has 4 aromatic rings. The first-order valence-electron chi connectivity index (χ1n) is 10.5. The quantitative estimate of drug-likeness (QED) is 0.416. The second kappa shape index (κ2) is 9.02. The van der Waals surface area contributed by atoms with Crippen LogP contribution in [0.15, 0.2) is 73.2 Å². The van der Waals surface area contributed by atoms with Crippen LogP contribution in [-0.4, -0.2) is 25.9 Å². The number of nitrogens with one attached hydrogen (secondary N) is 1. The number of pyridine rings is 1. The Balaban J connectivity index is 1.69. The molecule has 0 unspecified atom stereocenters. The Morgan fingerprint density at radius 2 is 1.89 bits per heavy atom. The molecule has 0 atom stereocenters. The third kappa shape index (κ3) is 5.04. The minimum atomic E-state index is -4.68. The molecule has 35 heavy (non-hydrogen) atoms. The van der Waals surface area contributed by atoms with Gasteiger partial charge in [-0.05, 0) is 61.9 Å². The van der Waals surface area contributed by atoms with E-state index >= 15 is 0 Å². The molecule has 2 heterocycles. The van der Waals surface area contributed by atoms with E-state index in [9.17, 15) is 23.2 Å². The molecule has 0 radical (unpaired) electrons. The van der Waals surface area contributed by atoms with E-state index < -0.39 is 23.1 Å². The van der Waals surface area contributed by atoms with Gasteiger partial charge in [-0.2, -0.15) is 18.4 Å². The van der Waals surface area contributed by atoms with Gasteiger partial charge < -0.3 is 5.32 Å². The molecule has 2 aromatic carbocycles. The monoisotopic (exact) mass is 476 g/mol. The van der Waals surface area contributed by atoms with Crippen LogP contribution in [-0.2, 0) is 11.6 Å². The molecule has 0 bridgehead atoms. The minimum absolute atomic E-state index is 0.00336. The van der Waals surface area contributed by atoms with Crippen molar-refractivity contribution < 1.29 is 18.0 Å². The number of amides is 1. The van der Waals surface area contributed by atoms with Gasteiger partial charge in [0, 0.05) is 29.2 Å². The van der Waals surface area contributed by atoms with Gasteiger partial charge in [-0.25, -0.2) is 4.68 Å². The average Bonchev–Trinajstić information content (AvgIpc) is 3.34. The lowest BCUT2D eigenvalue weighted by atomic mass is 9.86. The number of halogens is 3. The Morgan fingerprint density at radius 3 is 2.57 bits per heavy atom. The highest BCUT2D eigenvalue weighted by Gasteiger charge is 2.35. The first-order chi connectivity index (χ1) is 16.6. The number of benzene rings is 2. The SMILES string of the molecule is CC(C)(C#N)c1cccc(NC(=O)c2ccc(C(F)(F)F)c(-n3cc(-c4cccnc4)nn3)c2)c1. The number of rotatable bonds is 5. The van der Waals surface area contributed by atoms with Gasteiger partial charge >= 0.3 is 6.18 Å². The molecule has 176 valence electrons. The molecule has 2 aromatic heterocycles. The maximum Gasteiger partial charge on any atom is 0.418 e. The number of nitriles is 1. The van der Waals surface area contributed by atoms with Gasteiger partial charge in [0.15, 0.2) is 0 Å². The Bertz CT molecular complexity index is 1420. The van der Waals surface area contributed by atoms with Gasteiger partial charge in [-0.1, -0.05) is 17.3 Å². The van der Waals surface area contributed by atoms with Crippen molar-refractivity contribution in [2.24, 2.45) is 0 Å². The summed E-state index contributed by atoms with van der Waals surface area (Å²) in [6.45, 7) is 3.49. The summed E-state index contributed by atoms with van der Waals surface area (Å²) in [6, 6.07) is 15.4. The topological polar surface area (TPSA) is 96.5 Å². The largest absolute Gasteiger partial charge is 0.418 e. The maximum absolute atomic E-state index is 13.7. The van der Waals surface area contributed by atoms with Crippen LogP contribution < -0.4 is 5.32 Å². The van der Waals surface area contributed by atoms with E-state index in [-0.39, 0.29) is 11.3 Å². The van der Waals surface area contributed by atoms with Crippen molar-refractivity contribution in [1.82, 2.24) is 20.0 Å². The van der Waals surface area contributed by atoms with Crippen molar-refractivity contribution in [3.63, 3.8) is 0 Å². The average molecular weight is 476 g/mol. The number of anilines is 1. The molecule has 1 N–H and O–H groups in total. The minimum Gasteiger partial charge on any atom is -0.322 e. The molecule has 0 aliphatic rings. The Kier molecular flexibility index (Phi) is 6.09. The van der Waals surface area contributed by atoms with Crippen LogP contribution in [0.2, 0.25) is 0 Å². The van der Waals surface area contributed by atoms with E-state index in [1.54, 1.807) is 56.4 Å². The highest BCUT2D eigenvalue weighted by Crippen LogP contribution is 2.35. The van der Waals surface area contributed by atoms with E-state index in [4.69, 9.17) is 0 Å². The van der Waals surface area contributed by atoms with Crippen molar-refractivity contribution in [3.8, 4) is 23.0 Å². The van der Waals surface area contributed by atoms with Crippen LogP contribution in [0.5, 0.6) is 0 Å². The van der Waals surface area contributed by atoms with Crippen molar-refractivity contribution in [1.29, 1.82) is 5.26 Å². The molecule has 0 aliphatic carbocycles. The van der Waals surface area contributed by atoms with Crippen molar-refractivity contribution in [2.75, 3.05) is 5.32 Å². The van der Waals surface area contributed by atoms with E-state index in [1.165, 1.54) is 12.4 Å².